The molecule has 0 fully saturated rings. The predicted octanol–water partition coefficient (Wildman–Crippen LogP) is 4.90. The van der Waals surface area contributed by atoms with Gasteiger partial charge < -0.3 is 10.6 Å². The highest BCUT2D eigenvalue weighted by Crippen LogP contribution is 2.20. The zero-order valence-corrected chi connectivity index (χ0v) is 14.3. The molecule has 0 aromatic heterocycles. The smallest absolute Gasteiger partial charge is 0.246 e. The molecule has 3 rings (SSSR count). The first kappa shape index (κ1) is 16.1. The molecule has 0 saturated carbocycles. The van der Waals surface area contributed by atoms with E-state index in [0.29, 0.717) is 0 Å². The summed E-state index contributed by atoms with van der Waals surface area (Å²) in [5.74, 6) is -0.0498. The summed E-state index contributed by atoms with van der Waals surface area (Å²) in [5.41, 5.74) is 4.11. The molecule has 2 N–H and O–H groups in total. The highest BCUT2D eigenvalue weighted by molar-refractivity contribution is 5.98. The Kier molecular flexibility index (Phi) is 4.52. The topological polar surface area (TPSA) is 41.1 Å². The maximum atomic E-state index is 12.5. The second-order valence-electron chi connectivity index (χ2n) is 6.24. The van der Waals surface area contributed by atoms with Crippen molar-refractivity contribution in [1.82, 2.24) is 0 Å². The van der Waals surface area contributed by atoms with Crippen molar-refractivity contribution < 1.29 is 4.79 Å². The monoisotopic (exact) mass is 318 g/mol. The molecule has 0 aliphatic rings. The van der Waals surface area contributed by atoms with E-state index in [4.69, 9.17) is 0 Å². The number of amides is 1. The van der Waals surface area contributed by atoms with Gasteiger partial charge in [-0.15, -0.1) is 0 Å². The van der Waals surface area contributed by atoms with Gasteiger partial charge in [0.05, 0.1) is 0 Å². The van der Waals surface area contributed by atoms with Crippen molar-refractivity contribution >= 4 is 28.1 Å². The molecular formula is C21H22N2O. The Balaban J connectivity index is 1.72. The molecule has 0 bridgehead atoms. The quantitative estimate of drug-likeness (QED) is 0.718. The lowest BCUT2D eigenvalue weighted by molar-refractivity contribution is -0.116. The maximum absolute atomic E-state index is 12.5. The molecule has 1 amide bonds. The molecule has 0 unspecified atom stereocenters. The second kappa shape index (κ2) is 6.75. The normalized spacial score (nSPS) is 12.0. The molecule has 0 aliphatic heterocycles. The summed E-state index contributed by atoms with van der Waals surface area (Å²) in [4.78, 5) is 12.5. The van der Waals surface area contributed by atoms with Gasteiger partial charge in [0.2, 0.25) is 5.91 Å². The average molecular weight is 318 g/mol. The Labute approximate surface area is 142 Å². The van der Waals surface area contributed by atoms with Gasteiger partial charge in [0.1, 0.15) is 6.04 Å². The third-order valence-corrected chi connectivity index (χ3v) is 4.18. The van der Waals surface area contributed by atoms with Gasteiger partial charge in [-0.1, -0.05) is 42.5 Å². The fourth-order valence-corrected chi connectivity index (χ4v) is 2.71. The van der Waals surface area contributed by atoms with Gasteiger partial charge in [0.15, 0.2) is 0 Å². The van der Waals surface area contributed by atoms with Crippen molar-refractivity contribution in [3.05, 3.63) is 71.8 Å². The first-order valence-electron chi connectivity index (χ1n) is 8.16. The van der Waals surface area contributed by atoms with E-state index in [9.17, 15) is 4.79 Å². The molecule has 0 radical (unpaired) electrons. The van der Waals surface area contributed by atoms with Crippen molar-refractivity contribution in [2.75, 3.05) is 10.6 Å². The Morgan fingerprint density at radius 2 is 1.67 bits per heavy atom. The molecular weight excluding hydrogens is 296 g/mol. The van der Waals surface area contributed by atoms with Gasteiger partial charge in [-0.25, -0.2) is 0 Å². The van der Waals surface area contributed by atoms with Gasteiger partial charge in [0.25, 0.3) is 0 Å². The second-order valence-corrected chi connectivity index (χ2v) is 6.24. The minimum atomic E-state index is -0.322. The lowest BCUT2D eigenvalue weighted by Crippen LogP contribution is -2.32. The average Bonchev–Trinajstić information content (AvgIpc) is 2.58. The number of carbonyl (C=O) groups is 1. The van der Waals surface area contributed by atoms with Gasteiger partial charge in [0, 0.05) is 11.4 Å². The van der Waals surface area contributed by atoms with E-state index >= 15 is 0 Å². The molecule has 3 heteroatoms. The highest BCUT2D eigenvalue weighted by Gasteiger charge is 2.14. The maximum Gasteiger partial charge on any atom is 0.246 e. The van der Waals surface area contributed by atoms with Crippen LogP contribution in [0.15, 0.2) is 60.7 Å². The summed E-state index contributed by atoms with van der Waals surface area (Å²) < 4.78 is 0. The summed E-state index contributed by atoms with van der Waals surface area (Å²) in [7, 11) is 0. The van der Waals surface area contributed by atoms with Crippen LogP contribution in [0.2, 0.25) is 0 Å². The van der Waals surface area contributed by atoms with E-state index in [1.165, 1.54) is 5.56 Å². The molecule has 3 nitrogen and oxygen atoms in total. The number of benzene rings is 3. The Bertz CT molecular complexity index is 886. The molecule has 3 aromatic carbocycles. The fourth-order valence-electron chi connectivity index (χ4n) is 2.71. The molecule has 24 heavy (non-hydrogen) atoms. The molecule has 0 heterocycles. The van der Waals surface area contributed by atoms with Crippen LogP contribution in [0.3, 0.4) is 0 Å². The first-order valence-corrected chi connectivity index (χ1v) is 8.16. The number of nitrogens with one attached hydrogen (secondary N) is 2. The van der Waals surface area contributed by atoms with E-state index in [2.05, 4.69) is 34.9 Å². The minimum absolute atomic E-state index is 0.0498. The van der Waals surface area contributed by atoms with Crippen LogP contribution < -0.4 is 10.6 Å². The van der Waals surface area contributed by atoms with Crippen LogP contribution in [0.5, 0.6) is 0 Å². The van der Waals surface area contributed by atoms with Crippen molar-refractivity contribution in [2.24, 2.45) is 0 Å². The van der Waals surface area contributed by atoms with E-state index < -0.39 is 0 Å². The first-order chi connectivity index (χ1) is 11.5. The number of hydrogen-bond acceptors (Lipinski definition) is 2. The van der Waals surface area contributed by atoms with Gasteiger partial charge in [-0.2, -0.15) is 0 Å². The summed E-state index contributed by atoms with van der Waals surface area (Å²) >= 11 is 0. The molecule has 0 spiro atoms. The van der Waals surface area contributed by atoms with Gasteiger partial charge in [-0.05, 0) is 60.9 Å². The van der Waals surface area contributed by atoms with Crippen LogP contribution in [-0.2, 0) is 4.79 Å². The predicted molar refractivity (Wildman–Crippen MR) is 102 cm³/mol. The third-order valence-electron chi connectivity index (χ3n) is 4.18. The van der Waals surface area contributed by atoms with Crippen LogP contribution in [0.25, 0.3) is 10.8 Å². The number of aryl methyl sites for hydroxylation is 2. The lowest BCUT2D eigenvalue weighted by Gasteiger charge is -2.17. The number of fused-ring (bicyclic) bond motifs is 1. The molecule has 3 aromatic rings. The van der Waals surface area contributed by atoms with E-state index in [1.54, 1.807) is 0 Å². The van der Waals surface area contributed by atoms with E-state index in [1.807, 2.05) is 57.2 Å². The van der Waals surface area contributed by atoms with Crippen LogP contribution >= 0.6 is 0 Å². The SMILES string of the molecule is Cc1ccc(C)c(N[C@H](C)C(=O)Nc2ccc3ccccc3c2)c1. The molecule has 122 valence electrons. The zero-order chi connectivity index (χ0) is 17.1. The largest absolute Gasteiger partial charge is 0.374 e. The lowest BCUT2D eigenvalue weighted by atomic mass is 10.1. The standard InChI is InChI=1S/C21H22N2O/c1-14-8-9-15(2)20(12-14)22-16(3)21(24)23-19-11-10-17-6-4-5-7-18(17)13-19/h4-13,16,22H,1-3H3,(H,23,24)/t16-/m1/s1. The van der Waals surface area contributed by atoms with Crippen molar-refractivity contribution in [1.29, 1.82) is 0 Å². The van der Waals surface area contributed by atoms with Gasteiger partial charge in [-0.3, -0.25) is 4.79 Å². The zero-order valence-electron chi connectivity index (χ0n) is 14.3. The summed E-state index contributed by atoms with van der Waals surface area (Å²) in [5, 5.41) is 8.56. The van der Waals surface area contributed by atoms with Gasteiger partial charge >= 0.3 is 0 Å². The molecule has 0 aliphatic carbocycles. The highest BCUT2D eigenvalue weighted by atomic mass is 16.2. The van der Waals surface area contributed by atoms with Crippen molar-refractivity contribution in [2.45, 2.75) is 26.8 Å². The fraction of sp³-hybridized carbons (Fsp3) is 0.190. The van der Waals surface area contributed by atoms with Crippen molar-refractivity contribution in [3.63, 3.8) is 0 Å². The Hall–Kier alpha value is -2.81. The molecule has 0 saturated heterocycles. The Morgan fingerprint density at radius 1 is 0.917 bits per heavy atom. The number of anilines is 2. The van der Waals surface area contributed by atoms with Crippen LogP contribution in [0, 0.1) is 13.8 Å². The van der Waals surface area contributed by atoms with Crippen LogP contribution in [-0.4, -0.2) is 11.9 Å². The minimum Gasteiger partial charge on any atom is -0.374 e. The number of carbonyl (C=O) groups excluding carboxylic acids is 1. The summed E-state index contributed by atoms with van der Waals surface area (Å²) in [6.45, 7) is 5.96. The number of hydrogen-bond donors (Lipinski definition) is 2. The summed E-state index contributed by atoms with van der Waals surface area (Å²) in [6, 6.07) is 19.9. The summed E-state index contributed by atoms with van der Waals surface area (Å²) in [6.07, 6.45) is 0. The van der Waals surface area contributed by atoms with Crippen LogP contribution in [0.1, 0.15) is 18.1 Å². The number of rotatable bonds is 4. The van der Waals surface area contributed by atoms with Crippen LogP contribution in [0.4, 0.5) is 11.4 Å². The van der Waals surface area contributed by atoms with Crippen molar-refractivity contribution in [3.8, 4) is 0 Å². The molecule has 1 atom stereocenters. The third kappa shape index (κ3) is 3.57. The van der Waals surface area contributed by atoms with E-state index in [-0.39, 0.29) is 11.9 Å². The Morgan fingerprint density at radius 3 is 2.46 bits per heavy atom. The van der Waals surface area contributed by atoms with E-state index in [0.717, 1.165) is 27.7 Å².